The Kier molecular flexibility index (Phi) is 65.4. The summed E-state index contributed by atoms with van der Waals surface area (Å²) in [6, 6.07) is 0. The van der Waals surface area contributed by atoms with Gasteiger partial charge in [0.1, 0.15) is 13.2 Å². The minimum Gasteiger partial charge on any atom is -0.462 e. The molecule has 0 aromatic heterocycles. The van der Waals surface area contributed by atoms with Gasteiger partial charge in [0, 0.05) is 19.3 Å². The van der Waals surface area contributed by atoms with Crippen molar-refractivity contribution in [3.8, 4) is 0 Å². The fourth-order valence-electron chi connectivity index (χ4n) is 9.01. The Balaban J connectivity index is 4.15. The second-order valence-electron chi connectivity index (χ2n) is 22.0. The highest BCUT2D eigenvalue weighted by atomic mass is 16.6. The van der Waals surface area contributed by atoms with E-state index < -0.39 is 6.10 Å². The second-order valence-corrected chi connectivity index (χ2v) is 22.0. The van der Waals surface area contributed by atoms with E-state index in [-0.39, 0.29) is 31.1 Å². The molecule has 6 heteroatoms. The van der Waals surface area contributed by atoms with Crippen LogP contribution in [0.2, 0.25) is 0 Å². The van der Waals surface area contributed by atoms with E-state index in [9.17, 15) is 14.4 Å². The van der Waals surface area contributed by atoms with Crippen molar-refractivity contribution in [2.75, 3.05) is 13.2 Å². The van der Waals surface area contributed by atoms with Gasteiger partial charge >= 0.3 is 17.9 Å². The zero-order chi connectivity index (χ0) is 59.9. The first-order valence-corrected chi connectivity index (χ1v) is 34.0. The molecule has 0 heterocycles. The number of rotatable bonds is 60. The maximum Gasteiger partial charge on any atom is 0.306 e. The average molecular weight is 1150 g/mol. The van der Waals surface area contributed by atoms with Gasteiger partial charge in [-0.1, -0.05) is 301 Å². The van der Waals surface area contributed by atoms with Gasteiger partial charge in [-0.3, -0.25) is 14.4 Å². The van der Waals surface area contributed by atoms with Gasteiger partial charge in [-0.15, -0.1) is 0 Å². The van der Waals surface area contributed by atoms with Crippen molar-refractivity contribution < 1.29 is 28.6 Å². The number of carbonyl (C=O) groups is 3. The third-order valence-electron chi connectivity index (χ3n) is 14.0. The highest BCUT2D eigenvalue weighted by Crippen LogP contribution is 2.15. The summed E-state index contributed by atoms with van der Waals surface area (Å²) in [5.74, 6) is -0.909. The Morgan fingerprint density at radius 2 is 0.470 bits per heavy atom. The predicted octanol–water partition coefficient (Wildman–Crippen LogP) is 23.7. The molecule has 0 fully saturated rings. The molecule has 0 bridgehead atoms. The van der Waals surface area contributed by atoms with Crippen LogP contribution in [0.4, 0.5) is 0 Å². The van der Waals surface area contributed by atoms with Crippen molar-refractivity contribution in [2.24, 2.45) is 0 Å². The number of esters is 3. The number of ether oxygens (including phenoxy) is 3. The Morgan fingerprint density at radius 1 is 0.253 bits per heavy atom. The zero-order valence-electron chi connectivity index (χ0n) is 53.7. The van der Waals surface area contributed by atoms with E-state index >= 15 is 0 Å². The molecule has 0 rings (SSSR count). The minimum absolute atomic E-state index is 0.0872. The molecule has 83 heavy (non-hydrogen) atoms. The number of allylic oxidation sites excluding steroid dienone is 26. The third kappa shape index (κ3) is 67.7. The molecular weight excluding hydrogens is 1020 g/mol. The number of carbonyl (C=O) groups excluding carboxylic acids is 3. The number of hydrogen-bond donors (Lipinski definition) is 0. The first-order chi connectivity index (χ1) is 41.0. The molecule has 6 nitrogen and oxygen atoms in total. The van der Waals surface area contributed by atoms with Crippen LogP contribution in [0, 0.1) is 0 Å². The third-order valence-corrected chi connectivity index (χ3v) is 14.0. The minimum atomic E-state index is -0.790. The zero-order valence-corrected chi connectivity index (χ0v) is 53.7. The molecule has 0 aromatic rings. The SMILES string of the molecule is CC/C=C\C/C=C\C/C=C\C/C=C\C/C=C\C/C=C\C/C=C\C/C=C\CCCCCCCCCCCCC(=O)OCC(COC(=O)CCCCCCCCC)OC(=O)CCCCCCCCC/C=C\C/C=C\C/C=C\C/C=C\C/C=C\CC. The molecule has 0 amide bonds. The van der Waals surface area contributed by atoms with Crippen LogP contribution in [-0.2, 0) is 28.6 Å². The molecular formula is C77H124O6. The van der Waals surface area contributed by atoms with Crippen LogP contribution < -0.4 is 0 Å². The molecule has 0 radical (unpaired) electrons. The highest BCUT2D eigenvalue weighted by Gasteiger charge is 2.19. The summed E-state index contributed by atoms with van der Waals surface area (Å²) in [6.45, 7) is 6.36. The van der Waals surface area contributed by atoms with E-state index in [1.54, 1.807) is 0 Å². The summed E-state index contributed by atoms with van der Waals surface area (Å²) in [5, 5.41) is 0. The summed E-state index contributed by atoms with van der Waals surface area (Å²) in [4.78, 5) is 38.1. The van der Waals surface area contributed by atoms with Gasteiger partial charge in [0.25, 0.3) is 0 Å². The maximum absolute atomic E-state index is 12.9. The van der Waals surface area contributed by atoms with E-state index in [0.717, 1.165) is 154 Å². The molecule has 1 unspecified atom stereocenters. The van der Waals surface area contributed by atoms with E-state index in [0.29, 0.717) is 19.3 Å². The fraction of sp³-hybridized carbons (Fsp3) is 0.623. The van der Waals surface area contributed by atoms with Crippen LogP contribution in [0.25, 0.3) is 0 Å². The number of hydrogen-bond acceptors (Lipinski definition) is 6. The van der Waals surface area contributed by atoms with Crippen LogP contribution in [0.5, 0.6) is 0 Å². The van der Waals surface area contributed by atoms with E-state index in [4.69, 9.17) is 14.2 Å². The van der Waals surface area contributed by atoms with Crippen molar-refractivity contribution in [3.05, 3.63) is 158 Å². The molecule has 0 spiro atoms. The second kappa shape index (κ2) is 69.5. The Bertz CT molecular complexity index is 1840. The van der Waals surface area contributed by atoms with Crippen molar-refractivity contribution in [1.29, 1.82) is 0 Å². The van der Waals surface area contributed by atoms with Crippen LogP contribution in [-0.4, -0.2) is 37.2 Å². The lowest BCUT2D eigenvalue weighted by molar-refractivity contribution is -0.167. The number of unbranched alkanes of at least 4 members (excludes halogenated alkanes) is 23. The van der Waals surface area contributed by atoms with Gasteiger partial charge in [-0.25, -0.2) is 0 Å². The topological polar surface area (TPSA) is 78.9 Å². The van der Waals surface area contributed by atoms with Crippen LogP contribution >= 0.6 is 0 Å². The van der Waals surface area contributed by atoms with Crippen molar-refractivity contribution in [3.63, 3.8) is 0 Å². The lowest BCUT2D eigenvalue weighted by Crippen LogP contribution is -2.30. The smallest absolute Gasteiger partial charge is 0.306 e. The summed E-state index contributed by atoms with van der Waals surface area (Å²) < 4.78 is 16.8. The Hall–Kier alpha value is -4.97. The van der Waals surface area contributed by atoms with Crippen molar-refractivity contribution >= 4 is 17.9 Å². The van der Waals surface area contributed by atoms with Crippen LogP contribution in [0.15, 0.2) is 158 Å². The van der Waals surface area contributed by atoms with Gasteiger partial charge in [-0.05, 0) is 128 Å². The molecule has 0 aliphatic carbocycles. The monoisotopic (exact) mass is 1140 g/mol. The van der Waals surface area contributed by atoms with Crippen LogP contribution in [0.3, 0.4) is 0 Å². The molecule has 0 aliphatic rings. The molecule has 0 saturated heterocycles. The van der Waals surface area contributed by atoms with Gasteiger partial charge in [-0.2, -0.15) is 0 Å². The molecule has 1 atom stereocenters. The van der Waals surface area contributed by atoms with E-state index in [1.807, 2.05) is 0 Å². The summed E-state index contributed by atoms with van der Waals surface area (Å²) in [6.07, 6.45) is 101. The Labute approximate surface area is 511 Å². The molecule has 0 aliphatic heterocycles. The summed E-state index contributed by atoms with van der Waals surface area (Å²) in [7, 11) is 0. The van der Waals surface area contributed by atoms with Gasteiger partial charge in [0.05, 0.1) is 0 Å². The maximum atomic E-state index is 12.9. The average Bonchev–Trinajstić information content (AvgIpc) is 3.49. The predicted molar refractivity (Wildman–Crippen MR) is 362 cm³/mol. The van der Waals surface area contributed by atoms with Crippen molar-refractivity contribution in [2.45, 2.75) is 297 Å². The molecule has 468 valence electrons. The fourth-order valence-corrected chi connectivity index (χ4v) is 9.01. The molecule has 0 saturated carbocycles. The van der Waals surface area contributed by atoms with Gasteiger partial charge in [0.15, 0.2) is 6.10 Å². The van der Waals surface area contributed by atoms with Gasteiger partial charge in [0.2, 0.25) is 0 Å². The van der Waals surface area contributed by atoms with E-state index in [2.05, 4.69) is 179 Å². The summed E-state index contributed by atoms with van der Waals surface area (Å²) in [5.41, 5.74) is 0. The molecule has 0 N–H and O–H groups in total. The highest BCUT2D eigenvalue weighted by molar-refractivity contribution is 5.71. The quantitative estimate of drug-likeness (QED) is 0.0261. The molecule has 0 aromatic carbocycles. The lowest BCUT2D eigenvalue weighted by Gasteiger charge is -2.18. The standard InChI is InChI=1S/C77H124O6/c1-4-7-10-13-16-18-20-22-24-26-28-30-32-33-34-35-36-37-38-39-40-41-42-43-45-46-48-50-52-54-56-58-61-64-67-70-76(79)82-73-74(72-81-75(78)69-66-63-60-15-12-9-6-3)83-77(80)71-68-65-62-59-57-55-53-51-49-47-44-31-29-27-25-23-21-19-17-14-11-8-5-2/h7-8,10-11,16-19,22-25,28-31,33-34,36-37,39-40,42-43,47,49,74H,4-6,9,12-15,20-21,26-27,32,35,38,41,44-46,48,50-73H2,1-3H3/b10-7-,11-8-,18-16-,19-17-,24-22-,25-23-,30-28-,31-29-,34-33-,37-36-,40-39-,43-42-,49-47-. The van der Waals surface area contributed by atoms with Crippen molar-refractivity contribution in [1.82, 2.24) is 0 Å². The summed E-state index contributed by atoms with van der Waals surface area (Å²) >= 11 is 0. The largest absolute Gasteiger partial charge is 0.462 e. The first-order valence-electron chi connectivity index (χ1n) is 34.0. The van der Waals surface area contributed by atoms with E-state index in [1.165, 1.54) is 96.3 Å². The lowest BCUT2D eigenvalue weighted by atomic mass is 10.1. The van der Waals surface area contributed by atoms with Gasteiger partial charge < -0.3 is 14.2 Å². The first kappa shape index (κ1) is 78.0. The normalized spacial score (nSPS) is 13.1. The van der Waals surface area contributed by atoms with Crippen LogP contribution in [0.1, 0.15) is 290 Å². The Morgan fingerprint density at radius 3 is 0.735 bits per heavy atom.